The minimum Gasteiger partial charge on any atom is -0.325 e. The molecular weight excluding hydrogens is 242 g/mol. The summed E-state index contributed by atoms with van der Waals surface area (Å²) in [6.45, 7) is 4.91. The number of hydrogen-bond donors (Lipinski definition) is 1. The Hall–Kier alpha value is -1.26. The van der Waals surface area contributed by atoms with Gasteiger partial charge in [0.05, 0.1) is 11.9 Å². The molecule has 0 bridgehead atoms. The van der Waals surface area contributed by atoms with Crippen molar-refractivity contribution in [2.45, 2.75) is 30.5 Å². The summed E-state index contributed by atoms with van der Waals surface area (Å²) in [5.74, 6) is 0. The maximum absolute atomic E-state index is 5.76. The largest absolute Gasteiger partial charge is 0.325 e. The van der Waals surface area contributed by atoms with E-state index in [0.29, 0.717) is 11.8 Å². The minimum absolute atomic E-state index is 0.508. The van der Waals surface area contributed by atoms with Gasteiger partial charge in [0.1, 0.15) is 0 Å². The standard InChI is InChI=1S/C14H19N3S/c1-10(2)18-12-6-4-11(5-7-12)13-9-16-17(3)14(13)8-15/h4-7,9-10H,8,15H2,1-3H3. The van der Waals surface area contributed by atoms with Crippen LogP contribution in [0.3, 0.4) is 0 Å². The van der Waals surface area contributed by atoms with Gasteiger partial charge in [0.25, 0.3) is 0 Å². The number of nitrogens with zero attached hydrogens (tertiary/aromatic N) is 2. The van der Waals surface area contributed by atoms with Gasteiger partial charge in [0.15, 0.2) is 0 Å². The van der Waals surface area contributed by atoms with Crippen molar-refractivity contribution >= 4 is 11.8 Å². The van der Waals surface area contributed by atoms with Crippen molar-refractivity contribution < 1.29 is 0 Å². The van der Waals surface area contributed by atoms with Gasteiger partial charge in [0.2, 0.25) is 0 Å². The molecule has 3 nitrogen and oxygen atoms in total. The maximum Gasteiger partial charge on any atom is 0.0594 e. The van der Waals surface area contributed by atoms with Crippen molar-refractivity contribution in [3.8, 4) is 11.1 Å². The third-order valence-electron chi connectivity index (χ3n) is 2.79. The Morgan fingerprint density at radius 1 is 1.28 bits per heavy atom. The Balaban J connectivity index is 2.28. The van der Waals surface area contributed by atoms with E-state index in [1.54, 1.807) is 0 Å². The predicted octanol–water partition coefficient (Wildman–Crippen LogP) is 3.05. The van der Waals surface area contributed by atoms with Gasteiger partial charge >= 0.3 is 0 Å². The van der Waals surface area contributed by atoms with E-state index in [2.05, 4.69) is 43.2 Å². The molecule has 0 aliphatic rings. The lowest BCUT2D eigenvalue weighted by molar-refractivity contribution is 0.713. The molecule has 2 rings (SSSR count). The van der Waals surface area contributed by atoms with Crippen molar-refractivity contribution in [3.63, 3.8) is 0 Å². The van der Waals surface area contributed by atoms with Gasteiger partial charge in [-0.15, -0.1) is 11.8 Å². The van der Waals surface area contributed by atoms with Crippen molar-refractivity contribution in [2.75, 3.05) is 0 Å². The second-order valence-corrected chi connectivity index (χ2v) is 6.17. The zero-order chi connectivity index (χ0) is 13.1. The molecule has 0 spiro atoms. The summed E-state index contributed by atoms with van der Waals surface area (Å²) >= 11 is 1.87. The van der Waals surface area contributed by atoms with E-state index < -0.39 is 0 Å². The van der Waals surface area contributed by atoms with Crippen LogP contribution < -0.4 is 5.73 Å². The lowest BCUT2D eigenvalue weighted by Crippen LogP contribution is -2.05. The third kappa shape index (κ3) is 2.76. The average Bonchev–Trinajstić information content (AvgIpc) is 2.70. The summed E-state index contributed by atoms with van der Waals surface area (Å²) in [7, 11) is 1.93. The van der Waals surface area contributed by atoms with E-state index in [4.69, 9.17) is 5.73 Å². The van der Waals surface area contributed by atoms with Crippen LogP contribution in [0.1, 0.15) is 19.5 Å². The summed E-state index contributed by atoms with van der Waals surface area (Å²) < 4.78 is 1.84. The quantitative estimate of drug-likeness (QED) is 0.860. The predicted molar refractivity (Wildman–Crippen MR) is 77.5 cm³/mol. The summed E-state index contributed by atoms with van der Waals surface area (Å²) in [5, 5.41) is 4.87. The Kier molecular flexibility index (Phi) is 4.09. The third-order valence-corrected chi connectivity index (χ3v) is 3.81. The molecule has 0 radical (unpaired) electrons. The van der Waals surface area contributed by atoms with Crippen LogP contribution in [-0.2, 0) is 13.6 Å². The van der Waals surface area contributed by atoms with Crippen LogP contribution in [0, 0.1) is 0 Å². The van der Waals surface area contributed by atoms with Crippen LogP contribution in [-0.4, -0.2) is 15.0 Å². The molecule has 0 atom stereocenters. The number of benzene rings is 1. The van der Waals surface area contributed by atoms with Crippen LogP contribution >= 0.6 is 11.8 Å². The van der Waals surface area contributed by atoms with Gasteiger partial charge in [-0.2, -0.15) is 5.10 Å². The zero-order valence-electron chi connectivity index (χ0n) is 11.1. The number of aryl methyl sites for hydroxylation is 1. The second kappa shape index (κ2) is 5.59. The van der Waals surface area contributed by atoms with Crippen LogP contribution in [0.15, 0.2) is 35.4 Å². The Morgan fingerprint density at radius 2 is 1.94 bits per heavy atom. The van der Waals surface area contributed by atoms with Crippen molar-refractivity contribution in [3.05, 3.63) is 36.2 Å². The normalized spacial score (nSPS) is 11.2. The van der Waals surface area contributed by atoms with Crippen molar-refractivity contribution in [2.24, 2.45) is 12.8 Å². The molecule has 0 fully saturated rings. The van der Waals surface area contributed by atoms with E-state index >= 15 is 0 Å². The molecule has 96 valence electrons. The van der Waals surface area contributed by atoms with Gasteiger partial charge < -0.3 is 5.73 Å². The zero-order valence-corrected chi connectivity index (χ0v) is 11.9. The molecule has 0 aliphatic carbocycles. The molecule has 2 aromatic rings. The van der Waals surface area contributed by atoms with Crippen LogP contribution in [0.2, 0.25) is 0 Å². The molecule has 0 amide bonds. The Labute approximate surface area is 112 Å². The highest BCUT2D eigenvalue weighted by Gasteiger charge is 2.09. The first kappa shape index (κ1) is 13.2. The van der Waals surface area contributed by atoms with Crippen molar-refractivity contribution in [1.29, 1.82) is 0 Å². The first-order valence-corrected chi connectivity index (χ1v) is 6.98. The molecule has 0 unspecified atom stereocenters. The van der Waals surface area contributed by atoms with Crippen LogP contribution in [0.4, 0.5) is 0 Å². The van der Waals surface area contributed by atoms with Gasteiger partial charge in [-0.05, 0) is 17.7 Å². The van der Waals surface area contributed by atoms with E-state index in [9.17, 15) is 0 Å². The molecule has 0 aliphatic heterocycles. The molecule has 4 heteroatoms. The SMILES string of the molecule is CC(C)Sc1ccc(-c2cnn(C)c2CN)cc1. The second-order valence-electron chi connectivity index (χ2n) is 4.52. The first-order chi connectivity index (χ1) is 8.61. The van der Waals surface area contributed by atoms with E-state index in [0.717, 1.165) is 11.3 Å². The Bertz CT molecular complexity index is 514. The van der Waals surface area contributed by atoms with Gasteiger partial charge in [-0.1, -0.05) is 26.0 Å². The number of hydrogen-bond acceptors (Lipinski definition) is 3. The number of nitrogens with two attached hydrogens (primary N) is 1. The lowest BCUT2D eigenvalue weighted by atomic mass is 10.1. The summed E-state index contributed by atoms with van der Waals surface area (Å²) in [6, 6.07) is 8.60. The molecule has 2 N–H and O–H groups in total. The maximum atomic E-state index is 5.76. The van der Waals surface area contributed by atoms with Crippen LogP contribution in [0.25, 0.3) is 11.1 Å². The fourth-order valence-electron chi connectivity index (χ4n) is 1.93. The van der Waals surface area contributed by atoms with Gasteiger partial charge in [0, 0.05) is 29.3 Å². The number of thioether (sulfide) groups is 1. The summed E-state index contributed by atoms with van der Waals surface area (Å²) in [4.78, 5) is 1.30. The van der Waals surface area contributed by atoms with E-state index in [1.807, 2.05) is 29.7 Å². The lowest BCUT2D eigenvalue weighted by Gasteiger charge is -2.07. The number of rotatable bonds is 4. The molecule has 18 heavy (non-hydrogen) atoms. The summed E-state index contributed by atoms with van der Waals surface area (Å²) in [6.07, 6.45) is 1.88. The van der Waals surface area contributed by atoms with E-state index in [-0.39, 0.29) is 0 Å². The minimum atomic E-state index is 0.508. The van der Waals surface area contributed by atoms with Gasteiger partial charge in [-0.25, -0.2) is 0 Å². The fourth-order valence-corrected chi connectivity index (χ4v) is 2.77. The molecular formula is C14H19N3S. The van der Waals surface area contributed by atoms with Gasteiger partial charge in [-0.3, -0.25) is 4.68 Å². The topological polar surface area (TPSA) is 43.8 Å². The molecule has 1 aromatic carbocycles. The fraction of sp³-hybridized carbons (Fsp3) is 0.357. The molecule has 1 heterocycles. The van der Waals surface area contributed by atoms with E-state index in [1.165, 1.54) is 10.5 Å². The molecule has 0 saturated carbocycles. The average molecular weight is 261 g/mol. The highest BCUT2D eigenvalue weighted by molar-refractivity contribution is 7.99. The highest BCUT2D eigenvalue weighted by Crippen LogP contribution is 2.28. The Morgan fingerprint density at radius 3 is 2.50 bits per heavy atom. The smallest absolute Gasteiger partial charge is 0.0594 e. The van der Waals surface area contributed by atoms with Crippen molar-refractivity contribution in [1.82, 2.24) is 9.78 Å². The van der Waals surface area contributed by atoms with Crippen LogP contribution in [0.5, 0.6) is 0 Å². The monoisotopic (exact) mass is 261 g/mol. The summed E-state index contributed by atoms with van der Waals surface area (Å²) in [5.41, 5.74) is 9.14. The molecule has 0 saturated heterocycles. The highest BCUT2D eigenvalue weighted by atomic mass is 32.2. The molecule has 1 aromatic heterocycles. The number of aromatic nitrogens is 2. The first-order valence-electron chi connectivity index (χ1n) is 6.10.